The Morgan fingerprint density at radius 1 is 1.19 bits per heavy atom. The predicted molar refractivity (Wildman–Crippen MR) is 65.5 cm³/mol. The first-order chi connectivity index (χ1) is 7.78. The molecule has 0 radical (unpaired) electrons. The van der Waals surface area contributed by atoms with Crippen molar-refractivity contribution in [1.29, 1.82) is 0 Å². The molecule has 1 aromatic heterocycles. The molecule has 84 valence electrons. The lowest BCUT2D eigenvalue weighted by Gasteiger charge is -1.98. The Bertz CT molecular complexity index is 452. The van der Waals surface area contributed by atoms with E-state index in [-0.39, 0.29) is 5.82 Å². The largest absolute Gasteiger partial charge is 0.245 e. The summed E-state index contributed by atoms with van der Waals surface area (Å²) < 4.78 is 12.7. The molecule has 0 N–H and O–H groups in total. The third-order valence-corrected chi connectivity index (χ3v) is 3.51. The van der Waals surface area contributed by atoms with Crippen LogP contribution in [0.3, 0.4) is 0 Å². The fraction of sp³-hybridized carbons (Fsp3) is 0.250. The fourth-order valence-electron chi connectivity index (χ4n) is 1.43. The summed E-state index contributed by atoms with van der Waals surface area (Å²) in [5.74, 6) is 0.273. The molecule has 0 fully saturated rings. The molecule has 16 heavy (non-hydrogen) atoms. The minimum atomic E-state index is -0.192. The maximum absolute atomic E-state index is 12.7. The molecule has 0 amide bonds. The van der Waals surface area contributed by atoms with Gasteiger partial charge in [-0.3, -0.25) is 0 Å². The molecule has 0 aliphatic carbocycles. The Labute approximate surface area is 103 Å². The van der Waals surface area contributed by atoms with Gasteiger partial charge in [0.1, 0.15) is 5.82 Å². The summed E-state index contributed by atoms with van der Waals surface area (Å²) in [6.45, 7) is 0. The van der Waals surface area contributed by atoms with Gasteiger partial charge in [-0.1, -0.05) is 12.1 Å². The van der Waals surface area contributed by atoms with Gasteiger partial charge in [0.05, 0.1) is 16.6 Å². The van der Waals surface area contributed by atoms with Gasteiger partial charge in [-0.25, -0.2) is 9.37 Å². The Balaban J connectivity index is 1.94. The second kappa shape index (κ2) is 5.41. The zero-order valence-electron chi connectivity index (χ0n) is 8.62. The minimum absolute atomic E-state index is 0.192. The molecule has 0 saturated carbocycles. The van der Waals surface area contributed by atoms with Gasteiger partial charge in [0.2, 0.25) is 0 Å². The van der Waals surface area contributed by atoms with E-state index >= 15 is 0 Å². The van der Waals surface area contributed by atoms with E-state index in [9.17, 15) is 4.39 Å². The average molecular weight is 256 g/mol. The zero-order valence-corrected chi connectivity index (χ0v) is 10.2. The molecule has 1 aromatic carbocycles. The van der Waals surface area contributed by atoms with Crippen molar-refractivity contribution < 1.29 is 4.39 Å². The summed E-state index contributed by atoms with van der Waals surface area (Å²) in [5.41, 5.74) is 2.06. The van der Waals surface area contributed by atoms with E-state index in [1.165, 1.54) is 12.1 Å². The number of aryl methyl sites for hydroxylation is 2. The summed E-state index contributed by atoms with van der Waals surface area (Å²) in [4.78, 5) is 4.37. The van der Waals surface area contributed by atoms with E-state index in [2.05, 4.69) is 4.98 Å². The summed E-state index contributed by atoms with van der Waals surface area (Å²) in [6.07, 6.45) is 1.77. The quantitative estimate of drug-likeness (QED) is 0.757. The van der Waals surface area contributed by atoms with E-state index < -0.39 is 0 Å². The van der Waals surface area contributed by atoms with Crippen LogP contribution in [0.25, 0.3) is 0 Å². The third kappa shape index (κ3) is 3.03. The van der Waals surface area contributed by atoms with Crippen LogP contribution < -0.4 is 0 Å². The number of thiazole rings is 1. The Morgan fingerprint density at radius 2 is 1.94 bits per heavy atom. The summed E-state index contributed by atoms with van der Waals surface area (Å²) in [5, 5.41) is 3.06. The first-order valence-electron chi connectivity index (χ1n) is 5.01. The van der Waals surface area contributed by atoms with Crippen LogP contribution in [0.4, 0.5) is 4.39 Å². The summed E-state index contributed by atoms with van der Waals surface area (Å²) in [7, 11) is 0. The van der Waals surface area contributed by atoms with E-state index in [4.69, 9.17) is 11.6 Å². The molecular formula is C12H11ClFNS. The van der Waals surface area contributed by atoms with Crippen LogP contribution in [0, 0.1) is 5.82 Å². The van der Waals surface area contributed by atoms with Crippen molar-refractivity contribution in [3.05, 3.63) is 51.7 Å². The van der Waals surface area contributed by atoms with Crippen molar-refractivity contribution >= 4 is 22.9 Å². The van der Waals surface area contributed by atoms with Gasteiger partial charge in [0.15, 0.2) is 0 Å². The Hall–Kier alpha value is -0.930. The Kier molecular flexibility index (Phi) is 3.91. The summed E-state index contributed by atoms with van der Waals surface area (Å²) in [6, 6.07) is 6.60. The highest BCUT2D eigenvalue weighted by atomic mass is 35.5. The molecular weight excluding hydrogens is 245 g/mol. The minimum Gasteiger partial charge on any atom is -0.245 e. The number of nitrogens with zero attached hydrogens (tertiary/aromatic N) is 1. The fourth-order valence-corrected chi connectivity index (χ4v) is 2.45. The number of halogens is 2. The molecule has 1 heterocycles. The van der Waals surface area contributed by atoms with Crippen LogP contribution in [-0.2, 0) is 18.7 Å². The van der Waals surface area contributed by atoms with Crippen molar-refractivity contribution in [3.63, 3.8) is 0 Å². The number of benzene rings is 1. The van der Waals surface area contributed by atoms with E-state index in [0.29, 0.717) is 5.88 Å². The molecule has 0 atom stereocenters. The molecule has 0 spiro atoms. The van der Waals surface area contributed by atoms with Crippen LogP contribution in [-0.4, -0.2) is 4.98 Å². The van der Waals surface area contributed by atoms with Gasteiger partial charge in [-0.15, -0.1) is 22.9 Å². The molecule has 2 aromatic rings. The number of rotatable bonds is 4. The van der Waals surface area contributed by atoms with Gasteiger partial charge in [-0.05, 0) is 24.1 Å². The normalized spacial score (nSPS) is 10.6. The van der Waals surface area contributed by atoms with Crippen molar-refractivity contribution in [1.82, 2.24) is 4.98 Å². The third-order valence-electron chi connectivity index (χ3n) is 2.28. The topological polar surface area (TPSA) is 12.9 Å². The standard InChI is InChI=1S/C12H11ClFNS/c13-7-11-8-16-12(15-11)6-3-9-1-4-10(14)5-2-9/h1-2,4-5,8H,3,6-7H2. The monoisotopic (exact) mass is 255 g/mol. The smallest absolute Gasteiger partial charge is 0.123 e. The number of hydrogen-bond donors (Lipinski definition) is 0. The van der Waals surface area contributed by atoms with Gasteiger partial charge in [0.25, 0.3) is 0 Å². The number of hydrogen-bond acceptors (Lipinski definition) is 2. The average Bonchev–Trinajstić information content (AvgIpc) is 2.76. The van der Waals surface area contributed by atoms with Crippen molar-refractivity contribution in [3.8, 4) is 0 Å². The van der Waals surface area contributed by atoms with E-state index in [1.54, 1.807) is 11.3 Å². The lowest BCUT2D eigenvalue weighted by Crippen LogP contribution is -1.91. The highest BCUT2D eigenvalue weighted by molar-refractivity contribution is 7.09. The maximum atomic E-state index is 12.7. The number of alkyl halides is 1. The molecule has 0 bridgehead atoms. The van der Waals surface area contributed by atoms with Crippen molar-refractivity contribution in [2.24, 2.45) is 0 Å². The van der Waals surface area contributed by atoms with Gasteiger partial charge in [0, 0.05) is 11.8 Å². The molecule has 0 aliphatic rings. The SMILES string of the molecule is Fc1ccc(CCc2nc(CCl)cs2)cc1. The van der Waals surface area contributed by atoms with E-state index in [0.717, 1.165) is 29.1 Å². The van der Waals surface area contributed by atoms with E-state index in [1.807, 2.05) is 17.5 Å². The van der Waals surface area contributed by atoms with Crippen molar-refractivity contribution in [2.45, 2.75) is 18.7 Å². The highest BCUT2D eigenvalue weighted by Crippen LogP contribution is 2.14. The zero-order chi connectivity index (χ0) is 11.4. The van der Waals surface area contributed by atoms with Crippen LogP contribution in [0.5, 0.6) is 0 Å². The molecule has 1 nitrogen and oxygen atoms in total. The van der Waals surface area contributed by atoms with Crippen LogP contribution in [0.2, 0.25) is 0 Å². The number of aromatic nitrogens is 1. The second-order valence-corrected chi connectivity index (χ2v) is 4.70. The molecule has 0 unspecified atom stereocenters. The lowest BCUT2D eigenvalue weighted by molar-refractivity contribution is 0.627. The van der Waals surface area contributed by atoms with Gasteiger partial charge >= 0.3 is 0 Å². The summed E-state index contributed by atoms with van der Waals surface area (Å²) >= 11 is 7.30. The lowest BCUT2D eigenvalue weighted by atomic mass is 10.1. The first-order valence-corrected chi connectivity index (χ1v) is 6.43. The molecule has 0 saturated heterocycles. The Morgan fingerprint density at radius 3 is 2.56 bits per heavy atom. The second-order valence-electron chi connectivity index (χ2n) is 3.49. The maximum Gasteiger partial charge on any atom is 0.123 e. The van der Waals surface area contributed by atoms with Crippen LogP contribution in [0.1, 0.15) is 16.3 Å². The van der Waals surface area contributed by atoms with Gasteiger partial charge < -0.3 is 0 Å². The highest BCUT2D eigenvalue weighted by Gasteiger charge is 2.01. The molecule has 2 rings (SSSR count). The molecule has 4 heteroatoms. The van der Waals surface area contributed by atoms with Crippen molar-refractivity contribution in [2.75, 3.05) is 0 Å². The van der Waals surface area contributed by atoms with Gasteiger partial charge in [-0.2, -0.15) is 0 Å². The predicted octanol–water partition coefficient (Wildman–Crippen LogP) is 3.81. The molecule has 0 aliphatic heterocycles. The van der Waals surface area contributed by atoms with Crippen LogP contribution >= 0.6 is 22.9 Å². The first kappa shape index (κ1) is 11.6. The van der Waals surface area contributed by atoms with Crippen LogP contribution in [0.15, 0.2) is 29.6 Å².